The van der Waals surface area contributed by atoms with Crippen LogP contribution in [0, 0.1) is 5.92 Å². The number of nitrogens with zero attached hydrogens (tertiary/aromatic N) is 3. The Labute approximate surface area is 185 Å². The van der Waals surface area contributed by atoms with Gasteiger partial charge in [-0.3, -0.25) is 9.89 Å². The maximum absolute atomic E-state index is 10.5. The Bertz CT molecular complexity index is 642. The van der Waals surface area contributed by atoms with Crippen molar-refractivity contribution in [2.75, 3.05) is 52.9 Å². The second kappa shape index (κ2) is 12.0. The molecule has 2 atom stereocenters. The molecule has 3 N–H and O–H groups in total. The van der Waals surface area contributed by atoms with E-state index in [1.807, 2.05) is 6.92 Å². The van der Waals surface area contributed by atoms with Crippen LogP contribution in [0.4, 0.5) is 0 Å². The van der Waals surface area contributed by atoms with Crippen molar-refractivity contribution < 1.29 is 5.11 Å². The maximum atomic E-state index is 10.5. The molecule has 29 heavy (non-hydrogen) atoms. The lowest BCUT2D eigenvalue weighted by Crippen LogP contribution is -2.52. The molecule has 2 rings (SSSR count). The van der Waals surface area contributed by atoms with Gasteiger partial charge in [0.15, 0.2) is 5.96 Å². The minimum atomic E-state index is -0.728. The topological polar surface area (TPSA) is 63.1 Å². The highest BCUT2D eigenvalue weighted by Gasteiger charge is 2.24. The minimum Gasteiger partial charge on any atom is -0.387 e. The summed E-state index contributed by atoms with van der Waals surface area (Å²) >= 11 is 12.1. The highest BCUT2D eigenvalue weighted by atomic mass is 35.5. The van der Waals surface area contributed by atoms with E-state index in [1.54, 1.807) is 18.2 Å². The van der Waals surface area contributed by atoms with Crippen molar-refractivity contribution in [1.29, 1.82) is 0 Å². The number of rotatable bonds is 8. The highest BCUT2D eigenvalue weighted by Crippen LogP contribution is 2.23. The van der Waals surface area contributed by atoms with Crippen LogP contribution < -0.4 is 10.6 Å². The fourth-order valence-electron chi connectivity index (χ4n) is 3.51. The van der Waals surface area contributed by atoms with Crippen LogP contribution in [0.3, 0.4) is 0 Å². The predicted octanol–water partition coefficient (Wildman–Crippen LogP) is 2.85. The SMILES string of the molecule is CCNC(=NCC(C(C)C)N1CCN(C)CC1)NCC(O)c1cc(Cl)cc(Cl)c1. The van der Waals surface area contributed by atoms with Gasteiger partial charge in [0.25, 0.3) is 0 Å². The summed E-state index contributed by atoms with van der Waals surface area (Å²) in [6.07, 6.45) is -0.728. The molecule has 8 heteroatoms. The fourth-order valence-corrected chi connectivity index (χ4v) is 4.05. The largest absolute Gasteiger partial charge is 0.387 e. The van der Waals surface area contributed by atoms with E-state index in [0.29, 0.717) is 40.1 Å². The Balaban J connectivity index is 1.98. The molecule has 0 aromatic heterocycles. The second-order valence-corrected chi connectivity index (χ2v) is 8.84. The molecule has 1 heterocycles. The lowest BCUT2D eigenvalue weighted by atomic mass is 10.0. The Hall–Kier alpha value is -1.05. The molecule has 6 nitrogen and oxygen atoms in total. The molecule has 0 saturated carbocycles. The van der Waals surface area contributed by atoms with Crippen molar-refractivity contribution in [3.05, 3.63) is 33.8 Å². The van der Waals surface area contributed by atoms with Gasteiger partial charge in [-0.1, -0.05) is 37.0 Å². The Kier molecular flexibility index (Phi) is 9.99. The van der Waals surface area contributed by atoms with Gasteiger partial charge in [0.05, 0.1) is 12.6 Å². The van der Waals surface area contributed by atoms with Gasteiger partial charge in [-0.25, -0.2) is 0 Å². The van der Waals surface area contributed by atoms with E-state index in [0.717, 1.165) is 39.3 Å². The zero-order chi connectivity index (χ0) is 21.4. The van der Waals surface area contributed by atoms with Gasteiger partial charge >= 0.3 is 0 Å². The van der Waals surface area contributed by atoms with Crippen molar-refractivity contribution >= 4 is 29.2 Å². The summed E-state index contributed by atoms with van der Waals surface area (Å²) in [6.45, 7) is 12.7. The number of hydrogen-bond donors (Lipinski definition) is 3. The van der Waals surface area contributed by atoms with Crippen molar-refractivity contribution in [2.45, 2.75) is 32.9 Å². The normalized spacial score (nSPS) is 18.7. The highest BCUT2D eigenvalue weighted by molar-refractivity contribution is 6.34. The first-order valence-corrected chi connectivity index (χ1v) is 11.1. The summed E-state index contributed by atoms with van der Waals surface area (Å²) in [4.78, 5) is 9.72. The first-order chi connectivity index (χ1) is 13.8. The summed E-state index contributed by atoms with van der Waals surface area (Å²) in [5.41, 5.74) is 0.684. The van der Waals surface area contributed by atoms with Crippen LogP contribution in [0.5, 0.6) is 0 Å². The Morgan fingerprint density at radius 3 is 2.28 bits per heavy atom. The van der Waals surface area contributed by atoms with Crippen LogP contribution in [0.1, 0.15) is 32.4 Å². The summed E-state index contributed by atoms with van der Waals surface area (Å²) < 4.78 is 0. The van der Waals surface area contributed by atoms with Crippen LogP contribution in [-0.4, -0.2) is 79.8 Å². The molecule has 1 aromatic carbocycles. The number of aliphatic hydroxyl groups is 1. The lowest BCUT2D eigenvalue weighted by Gasteiger charge is -2.39. The van der Waals surface area contributed by atoms with Gasteiger partial charge in [0.1, 0.15) is 0 Å². The van der Waals surface area contributed by atoms with Crippen molar-refractivity contribution in [3.8, 4) is 0 Å². The van der Waals surface area contributed by atoms with Gasteiger partial charge in [-0.15, -0.1) is 0 Å². The van der Waals surface area contributed by atoms with E-state index >= 15 is 0 Å². The van der Waals surface area contributed by atoms with Gasteiger partial charge < -0.3 is 20.6 Å². The average Bonchev–Trinajstić information content (AvgIpc) is 2.66. The molecular formula is C21H35Cl2N5O. The van der Waals surface area contributed by atoms with Gasteiger partial charge in [-0.05, 0) is 43.7 Å². The third-order valence-electron chi connectivity index (χ3n) is 5.29. The summed E-state index contributed by atoms with van der Waals surface area (Å²) in [5.74, 6) is 1.23. The van der Waals surface area contributed by atoms with Crippen molar-refractivity contribution in [3.63, 3.8) is 0 Å². The van der Waals surface area contributed by atoms with Crippen LogP contribution in [0.2, 0.25) is 10.0 Å². The second-order valence-electron chi connectivity index (χ2n) is 7.97. The monoisotopic (exact) mass is 443 g/mol. The number of aliphatic imine (C=N–C) groups is 1. The maximum Gasteiger partial charge on any atom is 0.191 e. The van der Waals surface area contributed by atoms with Crippen LogP contribution >= 0.6 is 23.2 Å². The molecule has 0 aliphatic carbocycles. The molecular weight excluding hydrogens is 409 g/mol. The quantitative estimate of drug-likeness (QED) is 0.425. The number of halogens is 2. The number of piperazine rings is 1. The Morgan fingerprint density at radius 2 is 1.72 bits per heavy atom. The number of nitrogens with one attached hydrogen (secondary N) is 2. The molecule has 164 valence electrons. The number of guanidine groups is 1. The number of benzene rings is 1. The smallest absolute Gasteiger partial charge is 0.191 e. The van der Waals surface area contributed by atoms with Crippen LogP contribution in [0.25, 0.3) is 0 Å². The zero-order valence-electron chi connectivity index (χ0n) is 18.0. The van der Waals surface area contributed by atoms with Gasteiger partial charge in [-0.2, -0.15) is 0 Å². The van der Waals surface area contributed by atoms with Gasteiger partial charge in [0.2, 0.25) is 0 Å². The number of aliphatic hydroxyl groups excluding tert-OH is 1. The lowest BCUT2D eigenvalue weighted by molar-refractivity contribution is 0.0925. The van der Waals surface area contributed by atoms with E-state index in [4.69, 9.17) is 28.2 Å². The van der Waals surface area contributed by atoms with E-state index in [1.165, 1.54) is 0 Å². The first-order valence-electron chi connectivity index (χ1n) is 10.4. The standard InChI is InChI=1S/C21H35Cl2N5O/c1-5-24-21(26-14-20(29)16-10-17(22)12-18(23)11-16)25-13-19(15(2)3)28-8-6-27(4)7-9-28/h10-12,15,19-20,29H,5-9,13-14H2,1-4H3,(H2,24,25,26). The molecule has 0 radical (unpaired) electrons. The third kappa shape index (κ3) is 7.95. The van der Waals surface area contributed by atoms with E-state index in [2.05, 4.69) is 41.3 Å². The molecule has 0 bridgehead atoms. The number of likely N-dealkylation sites (N-methyl/N-ethyl adjacent to an activating group) is 1. The summed E-state index contributed by atoms with van der Waals surface area (Å²) in [6, 6.07) is 5.51. The Morgan fingerprint density at radius 1 is 1.10 bits per heavy atom. The van der Waals surface area contributed by atoms with Crippen LogP contribution in [0.15, 0.2) is 23.2 Å². The van der Waals surface area contributed by atoms with E-state index < -0.39 is 6.10 Å². The molecule has 1 aromatic rings. The number of hydrogen-bond acceptors (Lipinski definition) is 4. The predicted molar refractivity (Wildman–Crippen MR) is 123 cm³/mol. The third-order valence-corrected chi connectivity index (χ3v) is 5.73. The zero-order valence-corrected chi connectivity index (χ0v) is 19.5. The minimum absolute atomic E-state index is 0.323. The van der Waals surface area contributed by atoms with Crippen molar-refractivity contribution in [2.24, 2.45) is 10.9 Å². The molecule has 1 fully saturated rings. The van der Waals surface area contributed by atoms with Crippen molar-refractivity contribution in [1.82, 2.24) is 20.4 Å². The molecule has 2 unspecified atom stereocenters. The fraction of sp³-hybridized carbons (Fsp3) is 0.667. The summed E-state index contributed by atoms with van der Waals surface area (Å²) in [5, 5.41) is 18.0. The molecule has 0 amide bonds. The van der Waals surface area contributed by atoms with Crippen LogP contribution in [-0.2, 0) is 0 Å². The molecule has 1 aliphatic rings. The van der Waals surface area contributed by atoms with E-state index in [9.17, 15) is 5.11 Å². The molecule has 1 saturated heterocycles. The van der Waals surface area contributed by atoms with E-state index in [-0.39, 0.29) is 0 Å². The summed E-state index contributed by atoms with van der Waals surface area (Å²) in [7, 11) is 2.17. The molecule has 1 aliphatic heterocycles. The molecule has 0 spiro atoms. The van der Waals surface area contributed by atoms with Gasteiger partial charge in [0, 0.05) is 55.4 Å². The average molecular weight is 444 g/mol. The first kappa shape index (κ1) is 24.2.